The van der Waals surface area contributed by atoms with Crippen LogP contribution in [0.2, 0.25) is 0 Å². The summed E-state index contributed by atoms with van der Waals surface area (Å²) in [5, 5.41) is 13.3. The summed E-state index contributed by atoms with van der Waals surface area (Å²) in [6, 6.07) is -0.838. The van der Waals surface area contributed by atoms with Gasteiger partial charge in [0, 0.05) is 6.42 Å². The normalized spacial score (nSPS) is 14.7. The molecule has 1 amide bonds. The standard InChI is InChI=1S/C39H79N2O6P/c1-6-8-9-10-11-12-13-14-15-16-17-18-19-20-21-22-23-24-25-26-27-28-29-30-31-32-33-38(42)37(40-39(43)7-2)36-47-48(44,45)46-35-34-41(3,4)5/h32-33,37-38,42H,6-31,34-36H2,1-5H3,(H-,40,43,44,45)/p+1/b33-32+. The van der Waals surface area contributed by atoms with Crippen molar-refractivity contribution in [1.29, 1.82) is 0 Å². The first-order valence-electron chi connectivity index (χ1n) is 20.1. The number of rotatable bonds is 36. The van der Waals surface area contributed by atoms with Crippen LogP contribution in [0.4, 0.5) is 0 Å². The molecule has 0 fully saturated rings. The van der Waals surface area contributed by atoms with Crippen LogP contribution in [0.5, 0.6) is 0 Å². The zero-order valence-electron chi connectivity index (χ0n) is 32.2. The van der Waals surface area contributed by atoms with Crippen molar-refractivity contribution < 1.29 is 32.9 Å². The van der Waals surface area contributed by atoms with Crippen molar-refractivity contribution in [2.75, 3.05) is 40.9 Å². The van der Waals surface area contributed by atoms with Crippen LogP contribution < -0.4 is 5.32 Å². The van der Waals surface area contributed by atoms with Crippen LogP contribution in [0.15, 0.2) is 12.2 Å². The molecule has 48 heavy (non-hydrogen) atoms. The van der Waals surface area contributed by atoms with Gasteiger partial charge in [-0.2, -0.15) is 0 Å². The highest BCUT2D eigenvalue weighted by Gasteiger charge is 2.27. The maximum Gasteiger partial charge on any atom is 0.472 e. The Morgan fingerprint density at radius 2 is 1.08 bits per heavy atom. The van der Waals surface area contributed by atoms with Gasteiger partial charge >= 0.3 is 7.82 Å². The number of likely N-dealkylation sites (N-methyl/N-ethyl adjacent to an activating group) is 1. The van der Waals surface area contributed by atoms with E-state index in [4.69, 9.17) is 9.05 Å². The summed E-state index contributed by atoms with van der Waals surface area (Å²) in [5.41, 5.74) is 0. The molecule has 0 bridgehead atoms. The summed E-state index contributed by atoms with van der Waals surface area (Å²) in [5.74, 6) is -0.264. The summed E-state index contributed by atoms with van der Waals surface area (Å²) >= 11 is 0. The predicted molar refractivity (Wildman–Crippen MR) is 203 cm³/mol. The molecule has 286 valence electrons. The Bertz CT molecular complexity index is 804. The minimum Gasteiger partial charge on any atom is -0.387 e. The monoisotopic (exact) mass is 704 g/mol. The molecule has 0 aliphatic rings. The smallest absolute Gasteiger partial charge is 0.387 e. The van der Waals surface area contributed by atoms with Crippen LogP contribution in [0, 0.1) is 0 Å². The van der Waals surface area contributed by atoms with Gasteiger partial charge in [-0.1, -0.05) is 174 Å². The lowest BCUT2D eigenvalue weighted by atomic mass is 10.0. The number of carbonyl (C=O) groups excluding carboxylic acids is 1. The number of carbonyl (C=O) groups is 1. The summed E-state index contributed by atoms with van der Waals surface area (Å²) in [4.78, 5) is 22.0. The van der Waals surface area contributed by atoms with Gasteiger partial charge in [0.05, 0.1) is 39.9 Å². The first kappa shape index (κ1) is 47.2. The Morgan fingerprint density at radius 1 is 0.688 bits per heavy atom. The van der Waals surface area contributed by atoms with Gasteiger partial charge in [-0.25, -0.2) is 4.57 Å². The summed E-state index contributed by atoms with van der Waals surface area (Å²) < 4.78 is 23.0. The SMILES string of the molecule is CCCCCCCCCCCCCCCCCCCCCCCCCC/C=C/C(O)C(COP(=O)(O)OCC[N+](C)(C)C)NC(=O)CC. The van der Waals surface area contributed by atoms with E-state index in [1.807, 2.05) is 27.2 Å². The molecule has 3 unspecified atom stereocenters. The van der Waals surface area contributed by atoms with Crippen molar-refractivity contribution in [3.63, 3.8) is 0 Å². The van der Waals surface area contributed by atoms with E-state index < -0.39 is 20.0 Å². The van der Waals surface area contributed by atoms with Gasteiger partial charge < -0.3 is 19.8 Å². The molecule has 0 aromatic rings. The minimum absolute atomic E-state index is 0.0608. The second kappa shape index (κ2) is 32.2. The topological polar surface area (TPSA) is 105 Å². The van der Waals surface area contributed by atoms with Crippen LogP contribution in [0.3, 0.4) is 0 Å². The number of amides is 1. The largest absolute Gasteiger partial charge is 0.472 e. The van der Waals surface area contributed by atoms with E-state index >= 15 is 0 Å². The molecular formula is C39H80N2O6P+. The van der Waals surface area contributed by atoms with Crippen LogP contribution in [-0.4, -0.2) is 73.4 Å². The molecule has 0 radical (unpaired) electrons. The first-order valence-corrected chi connectivity index (χ1v) is 21.6. The number of phosphoric acid groups is 1. The van der Waals surface area contributed by atoms with Gasteiger partial charge in [0.25, 0.3) is 0 Å². The fourth-order valence-corrected chi connectivity index (χ4v) is 6.51. The van der Waals surface area contributed by atoms with Gasteiger partial charge in [-0.05, 0) is 12.8 Å². The average molecular weight is 704 g/mol. The molecule has 0 spiro atoms. The Labute approximate surface area is 297 Å². The summed E-state index contributed by atoms with van der Waals surface area (Å²) in [7, 11) is 1.57. The highest BCUT2D eigenvalue weighted by atomic mass is 31.2. The zero-order valence-corrected chi connectivity index (χ0v) is 33.1. The molecule has 0 aliphatic carbocycles. The number of aliphatic hydroxyl groups is 1. The van der Waals surface area contributed by atoms with Crippen molar-refractivity contribution in [2.45, 2.75) is 193 Å². The number of aliphatic hydroxyl groups excluding tert-OH is 1. The number of nitrogens with zero attached hydrogens (tertiary/aromatic N) is 1. The number of hydrogen-bond donors (Lipinski definition) is 3. The molecule has 0 saturated heterocycles. The maximum absolute atomic E-state index is 12.3. The Balaban J connectivity index is 3.75. The van der Waals surface area contributed by atoms with Crippen molar-refractivity contribution in [3.05, 3.63) is 12.2 Å². The number of allylic oxidation sites excluding steroid dienone is 1. The van der Waals surface area contributed by atoms with E-state index in [1.54, 1.807) is 13.0 Å². The zero-order chi connectivity index (χ0) is 35.8. The number of nitrogens with one attached hydrogen (secondary N) is 1. The highest BCUT2D eigenvalue weighted by molar-refractivity contribution is 7.47. The van der Waals surface area contributed by atoms with Crippen LogP contribution in [0.1, 0.15) is 181 Å². The molecule has 9 heteroatoms. The minimum atomic E-state index is -4.29. The molecule has 0 aromatic carbocycles. The van der Waals surface area contributed by atoms with E-state index in [0.717, 1.165) is 19.3 Å². The number of quaternary nitrogens is 1. The Hall–Kier alpha value is -0.760. The molecule has 0 aliphatic heterocycles. The number of hydrogen-bond acceptors (Lipinski definition) is 5. The van der Waals surface area contributed by atoms with Crippen LogP contribution in [-0.2, 0) is 18.4 Å². The number of phosphoric ester groups is 1. The molecule has 0 heterocycles. The first-order chi connectivity index (χ1) is 23.0. The second-order valence-corrected chi connectivity index (χ2v) is 16.4. The number of unbranched alkanes of at least 4 members (excludes halogenated alkanes) is 24. The molecule has 0 aromatic heterocycles. The molecule has 3 N–H and O–H groups in total. The third-order valence-corrected chi connectivity index (χ3v) is 10.1. The predicted octanol–water partition coefficient (Wildman–Crippen LogP) is 10.4. The van der Waals surface area contributed by atoms with Gasteiger partial charge in [0.2, 0.25) is 5.91 Å². The van der Waals surface area contributed by atoms with Gasteiger partial charge in [-0.15, -0.1) is 0 Å². The van der Waals surface area contributed by atoms with E-state index in [2.05, 4.69) is 12.2 Å². The van der Waals surface area contributed by atoms with Crippen molar-refractivity contribution in [3.8, 4) is 0 Å². The van der Waals surface area contributed by atoms with E-state index in [1.165, 1.54) is 141 Å². The van der Waals surface area contributed by atoms with E-state index in [0.29, 0.717) is 11.0 Å². The molecule has 3 atom stereocenters. The molecule has 0 rings (SSSR count). The molecule has 8 nitrogen and oxygen atoms in total. The fourth-order valence-electron chi connectivity index (χ4n) is 5.77. The lowest BCUT2D eigenvalue weighted by Gasteiger charge is -2.25. The van der Waals surface area contributed by atoms with Gasteiger partial charge in [-0.3, -0.25) is 13.8 Å². The van der Waals surface area contributed by atoms with E-state index in [-0.39, 0.29) is 25.5 Å². The van der Waals surface area contributed by atoms with Crippen molar-refractivity contribution in [2.24, 2.45) is 0 Å². The second-order valence-electron chi connectivity index (χ2n) is 15.0. The fraction of sp³-hybridized carbons (Fsp3) is 0.923. The lowest BCUT2D eigenvalue weighted by molar-refractivity contribution is -0.870. The van der Waals surface area contributed by atoms with Gasteiger partial charge in [0.15, 0.2) is 0 Å². The van der Waals surface area contributed by atoms with Crippen molar-refractivity contribution >= 4 is 13.7 Å². The quantitative estimate of drug-likeness (QED) is 0.0260. The average Bonchev–Trinajstić information content (AvgIpc) is 3.03. The van der Waals surface area contributed by atoms with Gasteiger partial charge in [0.1, 0.15) is 13.2 Å². The Kier molecular flexibility index (Phi) is 31.7. The molecule has 0 saturated carbocycles. The summed E-state index contributed by atoms with van der Waals surface area (Å²) in [6.45, 7) is 4.27. The maximum atomic E-state index is 12.3. The Morgan fingerprint density at radius 3 is 1.46 bits per heavy atom. The van der Waals surface area contributed by atoms with Crippen LogP contribution in [0.25, 0.3) is 0 Å². The molecular weight excluding hydrogens is 623 g/mol. The third-order valence-electron chi connectivity index (χ3n) is 9.07. The lowest BCUT2D eigenvalue weighted by Crippen LogP contribution is -2.45. The van der Waals surface area contributed by atoms with E-state index in [9.17, 15) is 19.4 Å². The third kappa shape index (κ3) is 33.7. The highest BCUT2D eigenvalue weighted by Crippen LogP contribution is 2.43. The van der Waals surface area contributed by atoms with Crippen molar-refractivity contribution in [1.82, 2.24) is 5.32 Å². The summed E-state index contributed by atoms with van der Waals surface area (Å²) in [6.07, 6.45) is 36.6. The van der Waals surface area contributed by atoms with Crippen LogP contribution >= 0.6 is 7.82 Å².